The number of hydrogen-bond donors (Lipinski definition) is 1. The molecule has 0 radical (unpaired) electrons. The van der Waals surface area contributed by atoms with Crippen LogP contribution in [0.3, 0.4) is 0 Å². The minimum absolute atomic E-state index is 0.0879. The molecule has 4 heteroatoms. The second-order valence-corrected chi connectivity index (χ2v) is 12.7. The van der Waals surface area contributed by atoms with Gasteiger partial charge in [-0.1, -0.05) is 74.4 Å². The molecule has 0 atom stereocenters. The molecule has 1 aliphatic carbocycles. The van der Waals surface area contributed by atoms with Crippen molar-refractivity contribution in [3.8, 4) is 11.8 Å². The summed E-state index contributed by atoms with van der Waals surface area (Å²) in [7, 11) is -0.352. The van der Waals surface area contributed by atoms with Crippen LogP contribution in [0.25, 0.3) is 0 Å². The highest BCUT2D eigenvalue weighted by molar-refractivity contribution is 6.62. The SMILES string of the molecule is CCC(CC)(c1ccc(C#CC2(O)CCCCCC2)c(C)c1)c1ccc(B2OC(C)(C)C(C)(C)O2)c(C)c1. The van der Waals surface area contributed by atoms with Gasteiger partial charge < -0.3 is 14.4 Å². The molecule has 1 heterocycles. The highest BCUT2D eigenvalue weighted by Crippen LogP contribution is 2.41. The van der Waals surface area contributed by atoms with Crippen molar-refractivity contribution in [3.05, 3.63) is 64.2 Å². The molecule has 2 aromatic carbocycles. The maximum atomic E-state index is 11.0. The number of hydrogen-bond acceptors (Lipinski definition) is 3. The first-order valence-electron chi connectivity index (χ1n) is 14.7. The average molecular weight is 515 g/mol. The second-order valence-electron chi connectivity index (χ2n) is 12.7. The molecule has 0 unspecified atom stereocenters. The van der Waals surface area contributed by atoms with E-state index in [0.717, 1.165) is 49.6 Å². The van der Waals surface area contributed by atoms with Crippen LogP contribution in [0, 0.1) is 25.7 Å². The Morgan fingerprint density at radius 2 is 1.34 bits per heavy atom. The van der Waals surface area contributed by atoms with E-state index in [-0.39, 0.29) is 23.7 Å². The number of benzene rings is 2. The topological polar surface area (TPSA) is 38.7 Å². The lowest BCUT2D eigenvalue weighted by atomic mass is 9.68. The first-order chi connectivity index (χ1) is 17.9. The van der Waals surface area contributed by atoms with E-state index in [4.69, 9.17) is 9.31 Å². The molecule has 3 nitrogen and oxygen atoms in total. The Hall–Kier alpha value is -2.06. The zero-order valence-electron chi connectivity index (χ0n) is 25.0. The molecule has 2 fully saturated rings. The molecule has 38 heavy (non-hydrogen) atoms. The summed E-state index contributed by atoms with van der Waals surface area (Å²) in [5.41, 5.74) is 5.50. The molecular formula is C34H47BO3. The summed E-state index contributed by atoms with van der Waals surface area (Å²) in [6, 6.07) is 13.5. The number of aliphatic hydroxyl groups is 1. The Morgan fingerprint density at radius 3 is 1.84 bits per heavy atom. The predicted octanol–water partition coefficient (Wildman–Crippen LogP) is 7.15. The van der Waals surface area contributed by atoms with Gasteiger partial charge in [0, 0.05) is 11.0 Å². The third-order valence-electron chi connectivity index (χ3n) is 9.68. The van der Waals surface area contributed by atoms with Gasteiger partial charge >= 0.3 is 7.12 Å². The Kier molecular flexibility index (Phi) is 8.26. The summed E-state index contributed by atoms with van der Waals surface area (Å²) >= 11 is 0. The lowest BCUT2D eigenvalue weighted by molar-refractivity contribution is 0.00578. The first kappa shape index (κ1) is 28.9. The van der Waals surface area contributed by atoms with Crippen LogP contribution in [-0.4, -0.2) is 29.0 Å². The predicted molar refractivity (Wildman–Crippen MR) is 159 cm³/mol. The minimum Gasteiger partial charge on any atom is -0.399 e. The van der Waals surface area contributed by atoms with Gasteiger partial charge in [0.1, 0.15) is 5.60 Å². The van der Waals surface area contributed by atoms with Crippen LogP contribution in [0.4, 0.5) is 0 Å². The third kappa shape index (κ3) is 5.49. The maximum absolute atomic E-state index is 11.0. The van der Waals surface area contributed by atoms with Gasteiger partial charge in [0.25, 0.3) is 0 Å². The van der Waals surface area contributed by atoms with E-state index in [1.165, 1.54) is 35.1 Å². The monoisotopic (exact) mass is 514 g/mol. The Morgan fingerprint density at radius 1 is 0.816 bits per heavy atom. The quantitative estimate of drug-likeness (QED) is 0.262. The van der Waals surface area contributed by atoms with Crippen LogP contribution in [-0.2, 0) is 14.7 Å². The Labute approximate surface area is 231 Å². The van der Waals surface area contributed by atoms with E-state index in [9.17, 15) is 5.11 Å². The average Bonchev–Trinajstić information content (AvgIpc) is 2.98. The maximum Gasteiger partial charge on any atom is 0.495 e. The fraction of sp³-hybridized carbons (Fsp3) is 0.588. The van der Waals surface area contributed by atoms with Crippen molar-refractivity contribution in [2.24, 2.45) is 0 Å². The summed E-state index contributed by atoms with van der Waals surface area (Å²) in [6.45, 7) is 17.3. The molecule has 0 bridgehead atoms. The van der Waals surface area contributed by atoms with Crippen molar-refractivity contribution >= 4 is 12.6 Å². The van der Waals surface area contributed by atoms with Gasteiger partial charge in [-0.3, -0.25) is 0 Å². The Bertz CT molecular complexity index is 1190. The van der Waals surface area contributed by atoms with Crippen molar-refractivity contribution in [2.75, 3.05) is 0 Å². The molecule has 1 saturated carbocycles. The van der Waals surface area contributed by atoms with Crippen molar-refractivity contribution in [2.45, 2.75) is 129 Å². The summed E-state index contributed by atoms with van der Waals surface area (Å²) in [5, 5.41) is 11.0. The van der Waals surface area contributed by atoms with Gasteiger partial charge in [0.2, 0.25) is 0 Å². The van der Waals surface area contributed by atoms with Crippen LogP contribution < -0.4 is 5.46 Å². The first-order valence-corrected chi connectivity index (χ1v) is 14.7. The molecule has 4 rings (SSSR count). The van der Waals surface area contributed by atoms with Gasteiger partial charge in [-0.15, -0.1) is 0 Å². The van der Waals surface area contributed by atoms with Gasteiger partial charge in [-0.05, 0) is 108 Å². The lowest BCUT2D eigenvalue weighted by Gasteiger charge is -2.34. The van der Waals surface area contributed by atoms with Crippen molar-refractivity contribution in [1.82, 2.24) is 0 Å². The molecule has 2 aliphatic rings. The van der Waals surface area contributed by atoms with E-state index < -0.39 is 5.60 Å². The molecule has 1 N–H and O–H groups in total. The van der Waals surface area contributed by atoms with Crippen LogP contribution in [0.1, 0.15) is 121 Å². The van der Waals surface area contributed by atoms with Crippen LogP contribution in [0.5, 0.6) is 0 Å². The molecule has 1 saturated heterocycles. The molecule has 204 valence electrons. The third-order valence-corrected chi connectivity index (χ3v) is 9.68. The summed E-state index contributed by atoms with van der Waals surface area (Å²) in [5.74, 6) is 6.59. The van der Waals surface area contributed by atoms with Gasteiger partial charge in [-0.2, -0.15) is 0 Å². The molecule has 0 aromatic heterocycles. The summed E-state index contributed by atoms with van der Waals surface area (Å²) in [6.07, 6.45) is 8.10. The van der Waals surface area contributed by atoms with E-state index in [1.54, 1.807) is 0 Å². The molecule has 2 aromatic rings. The Balaban J connectivity index is 1.64. The van der Waals surface area contributed by atoms with Gasteiger partial charge in [0.15, 0.2) is 0 Å². The van der Waals surface area contributed by atoms with Crippen LogP contribution in [0.15, 0.2) is 36.4 Å². The smallest absolute Gasteiger partial charge is 0.399 e. The lowest BCUT2D eigenvalue weighted by Crippen LogP contribution is -2.41. The van der Waals surface area contributed by atoms with Crippen molar-refractivity contribution < 1.29 is 14.4 Å². The van der Waals surface area contributed by atoms with E-state index in [2.05, 4.69) is 104 Å². The van der Waals surface area contributed by atoms with Crippen molar-refractivity contribution in [3.63, 3.8) is 0 Å². The van der Waals surface area contributed by atoms with E-state index in [1.807, 2.05) is 0 Å². The van der Waals surface area contributed by atoms with Gasteiger partial charge in [-0.25, -0.2) is 0 Å². The summed E-state index contributed by atoms with van der Waals surface area (Å²) < 4.78 is 12.7. The number of rotatable bonds is 5. The highest BCUT2D eigenvalue weighted by atomic mass is 16.7. The molecule has 0 spiro atoms. The fourth-order valence-electron chi connectivity index (χ4n) is 6.16. The molecular weight excluding hydrogens is 467 g/mol. The van der Waals surface area contributed by atoms with Crippen LogP contribution in [0.2, 0.25) is 0 Å². The second kappa shape index (κ2) is 10.8. The zero-order chi connectivity index (χ0) is 27.8. The normalized spacial score (nSPS) is 20.5. The van der Waals surface area contributed by atoms with Gasteiger partial charge in [0.05, 0.1) is 11.2 Å². The number of aryl methyl sites for hydroxylation is 2. The highest BCUT2D eigenvalue weighted by Gasteiger charge is 2.52. The standard InChI is InChI=1S/C34H47BO3/c1-9-34(10-2,29-17-18-30(26(4)24-29)35-37-31(5,6)32(7,8)38-35)28-16-15-27(25(3)23-28)19-22-33(36)20-13-11-12-14-21-33/h15-18,23-24,36H,9-14,20-21H2,1-8H3. The molecule has 0 amide bonds. The molecule has 1 aliphatic heterocycles. The van der Waals surface area contributed by atoms with Crippen molar-refractivity contribution in [1.29, 1.82) is 0 Å². The largest absolute Gasteiger partial charge is 0.495 e. The fourth-order valence-corrected chi connectivity index (χ4v) is 6.16. The zero-order valence-corrected chi connectivity index (χ0v) is 25.0. The minimum atomic E-state index is -0.839. The van der Waals surface area contributed by atoms with Crippen LogP contribution >= 0.6 is 0 Å². The van der Waals surface area contributed by atoms with E-state index in [0.29, 0.717) is 0 Å². The van der Waals surface area contributed by atoms with E-state index >= 15 is 0 Å². The summed E-state index contributed by atoms with van der Waals surface area (Å²) in [4.78, 5) is 0.